The fraction of sp³-hybridized carbons (Fsp3) is 0.261. The molecule has 0 aliphatic carbocycles. The lowest BCUT2D eigenvalue weighted by Crippen LogP contribution is -2.24. The van der Waals surface area contributed by atoms with Crippen LogP contribution in [0.4, 0.5) is 4.39 Å². The molecule has 0 saturated heterocycles. The van der Waals surface area contributed by atoms with Crippen molar-refractivity contribution >= 4 is 17.7 Å². The number of carbonyl (C=O) groups excluding carboxylic acids is 1. The largest absolute Gasteiger partial charge is 0.493 e. The minimum absolute atomic E-state index is 0.146. The molecule has 8 nitrogen and oxygen atoms in total. The molecule has 0 atom stereocenters. The predicted octanol–water partition coefficient (Wildman–Crippen LogP) is 3.61. The van der Waals surface area contributed by atoms with E-state index in [-0.39, 0.29) is 24.1 Å². The van der Waals surface area contributed by atoms with Gasteiger partial charge in [-0.15, -0.1) is 16.8 Å². The summed E-state index contributed by atoms with van der Waals surface area (Å²) in [6.45, 7) is 4.74. The Bertz CT molecular complexity index is 1090. The summed E-state index contributed by atoms with van der Waals surface area (Å²) in [5, 5.41) is 11.8. The van der Waals surface area contributed by atoms with Crippen LogP contribution in [0.15, 0.2) is 60.3 Å². The van der Waals surface area contributed by atoms with Crippen molar-refractivity contribution in [3.05, 3.63) is 72.3 Å². The van der Waals surface area contributed by atoms with Crippen LogP contribution in [0.25, 0.3) is 0 Å². The molecule has 2 aromatic carbocycles. The number of nitrogens with zero attached hydrogens (tertiary/aromatic N) is 3. The monoisotopic (exact) mass is 472 g/mol. The number of benzene rings is 2. The SMILES string of the molecule is C=CCn1c(COc2ccc(F)cc2)nnc1SCC(=O)NCc1ccc(OC)c(OC)c1. The van der Waals surface area contributed by atoms with Crippen molar-refractivity contribution in [3.8, 4) is 17.2 Å². The zero-order chi connectivity index (χ0) is 23.6. The van der Waals surface area contributed by atoms with E-state index in [9.17, 15) is 9.18 Å². The van der Waals surface area contributed by atoms with Crippen molar-refractivity contribution < 1.29 is 23.4 Å². The van der Waals surface area contributed by atoms with Gasteiger partial charge in [-0.25, -0.2) is 4.39 Å². The van der Waals surface area contributed by atoms with Crippen LogP contribution in [0, 0.1) is 5.82 Å². The van der Waals surface area contributed by atoms with E-state index in [0.29, 0.717) is 41.3 Å². The molecule has 1 amide bonds. The second-order valence-electron chi connectivity index (χ2n) is 6.80. The molecule has 0 fully saturated rings. The second kappa shape index (κ2) is 11.9. The Morgan fingerprint density at radius 3 is 2.61 bits per heavy atom. The predicted molar refractivity (Wildman–Crippen MR) is 123 cm³/mol. The van der Waals surface area contributed by atoms with Gasteiger partial charge in [0.15, 0.2) is 22.5 Å². The topological polar surface area (TPSA) is 87.5 Å². The van der Waals surface area contributed by atoms with Crippen LogP contribution in [0.5, 0.6) is 17.2 Å². The molecule has 1 heterocycles. The standard InChI is InChI=1S/C23H25FN4O4S/c1-4-11-28-21(14-32-18-8-6-17(24)7-9-18)26-27-23(28)33-15-22(29)25-13-16-5-10-19(30-2)20(12-16)31-3/h4-10,12H,1,11,13-15H2,2-3H3,(H,25,29). The van der Waals surface area contributed by atoms with Crippen LogP contribution in [-0.4, -0.2) is 40.6 Å². The summed E-state index contributed by atoms with van der Waals surface area (Å²) in [5.41, 5.74) is 0.890. The van der Waals surface area contributed by atoms with Gasteiger partial charge in [0.05, 0.1) is 20.0 Å². The molecule has 0 aliphatic rings. The maximum atomic E-state index is 13.0. The Morgan fingerprint density at radius 1 is 1.15 bits per heavy atom. The van der Waals surface area contributed by atoms with Crippen LogP contribution in [0.1, 0.15) is 11.4 Å². The Kier molecular flexibility index (Phi) is 8.71. The van der Waals surface area contributed by atoms with Crippen molar-refractivity contribution in [2.75, 3.05) is 20.0 Å². The molecule has 0 unspecified atom stereocenters. The van der Waals surface area contributed by atoms with Crippen molar-refractivity contribution in [2.45, 2.75) is 24.9 Å². The highest BCUT2D eigenvalue weighted by Gasteiger charge is 2.14. The third-order valence-electron chi connectivity index (χ3n) is 4.56. The Hall–Kier alpha value is -3.53. The van der Waals surface area contributed by atoms with E-state index in [1.165, 1.54) is 23.9 Å². The first-order valence-corrected chi connectivity index (χ1v) is 11.0. The van der Waals surface area contributed by atoms with E-state index in [4.69, 9.17) is 14.2 Å². The van der Waals surface area contributed by atoms with Crippen LogP contribution < -0.4 is 19.5 Å². The van der Waals surface area contributed by atoms with Gasteiger partial charge >= 0.3 is 0 Å². The van der Waals surface area contributed by atoms with Crippen LogP contribution >= 0.6 is 11.8 Å². The average molecular weight is 473 g/mol. The lowest BCUT2D eigenvalue weighted by Gasteiger charge is -2.11. The molecule has 3 aromatic rings. The molecule has 0 aliphatic heterocycles. The van der Waals surface area contributed by atoms with Gasteiger partial charge in [-0.05, 0) is 42.0 Å². The number of carbonyl (C=O) groups is 1. The van der Waals surface area contributed by atoms with Crippen molar-refractivity contribution in [2.24, 2.45) is 0 Å². The first-order valence-electron chi connectivity index (χ1n) is 10.1. The van der Waals surface area contributed by atoms with E-state index < -0.39 is 0 Å². The Morgan fingerprint density at radius 2 is 1.91 bits per heavy atom. The molecule has 3 rings (SSSR count). The first kappa shape index (κ1) is 24.1. The lowest BCUT2D eigenvalue weighted by molar-refractivity contribution is -0.118. The van der Waals surface area contributed by atoms with E-state index in [1.807, 2.05) is 16.7 Å². The first-order chi connectivity index (χ1) is 16.0. The molecule has 33 heavy (non-hydrogen) atoms. The maximum absolute atomic E-state index is 13.0. The smallest absolute Gasteiger partial charge is 0.230 e. The van der Waals surface area contributed by atoms with Crippen molar-refractivity contribution in [1.82, 2.24) is 20.1 Å². The van der Waals surface area contributed by atoms with Gasteiger partial charge in [0.1, 0.15) is 18.2 Å². The molecule has 1 aromatic heterocycles. The van der Waals surface area contributed by atoms with Crippen molar-refractivity contribution in [1.29, 1.82) is 0 Å². The number of thioether (sulfide) groups is 1. The minimum atomic E-state index is -0.333. The number of methoxy groups -OCH3 is 2. The molecular formula is C23H25FN4O4S. The molecule has 1 N–H and O–H groups in total. The summed E-state index contributed by atoms with van der Waals surface area (Å²) >= 11 is 1.27. The van der Waals surface area contributed by atoms with Gasteiger partial charge < -0.3 is 19.5 Å². The average Bonchev–Trinajstić information content (AvgIpc) is 3.22. The maximum Gasteiger partial charge on any atom is 0.230 e. The number of aromatic nitrogens is 3. The zero-order valence-electron chi connectivity index (χ0n) is 18.4. The minimum Gasteiger partial charge on any atom is -0.493 e. The number of rotatable bonds is 12. The van der Waals surface area contributed by atoms with E-state index in [1.54, 1.807) is 38.5 Å². The second-order valence-corrected chi connectivity index (χ2v) is 7.74. The Balaban J connectivity index is 1.55. The highest BCUT2D eigenvalue weighted by molar-refractivity contribution is 7.99. The quantitative estimate of drug-likeness (QED) is 0.318. The third kappa shape index (κ3) is 6.72. The van der Waals surface area contributed by atoms with Crippen LogP contribution in [0.3, 0.4) is 0 Å². The molecule has 0 radical (unpaired) electrons. The summed E-state index contributed by atoms with van der Waals surface area (Å²) in [6.07, 6.45) is 1.71. The summed E-state index contributed by atoms with van der Waals surface area (Å²) in [4.78, 5) is 12.4. The molecule has 0 bridgehead atoms. The van der Waals surface area contributed by atoms with Gasteiger partial charge in [0.25, 0.3) is 0 Å². The normalized spacial score (nSPS) is 10.5. The number of amides is 1. The zero-order valence-corrected chi connectivity index (χ0v) is 19.2. The third-order valence-corrected chi connectivity index (χ3v) is 5.52. The Labute approximate surface area is 195 Å². The lowest BCUT2D eigenvalue weighted by atomic mass is 10.2. The van der Waals surface area contributed by atoms with Gasteiger partial charge in [-0.2, -0.15) is 0 Å². The van der Waals surface area contributed by atoms with E-state index >= 15 is 0 Å². The van der Waals surface area contributed by atoms with Crippen LogP contribution in [0.2, 0.25) is 0 Å². The van der Waals surface area contributed by atoms with Crippen LogP contribution in [-0.2, 0) is 24.5 Å². The number of halogens is 1. The summed E-state index contributed by atoms with van der Waals surface area (Å²) in [7, 11) is 3.14. The van der Waals surface area contributed by atoms with Gasteiger partial charge in [-0.1, -0.05) is 23.9 Å². The van der Waals surface area contributed by atoms with Gasteiger partial charge in [0.2, 0.25) is 5.91 Å². The number of hydrogen-bond donors (Lipinski definition) is 1. The number of ether oxygens (including phenoxy) is 3. The fourth-order valence-corrected chi connectivity index (χ4v) is 3.69. The number of hydrogen-bond acceptors (Lipinski definition) is 7. The van der Waals surface area contributed by atoms with Gasteiger partial charge in [-0.3, -0.25) is 9.36 Å². The summed E-state index contributed by atoms with van der Waals surface area (Å²) in [5.74, 6) is 2.02. The number of nitrogens with one attached hydrogen (secondary N) is 1. The number of allylic oxidation sites excluding steroid dienone is 1. The molecule has 174 valence electrons. The molecule has 0 spiro atoms. The van der Waals surface area contributed by atoms with E-state index in [0.717, 1.165) is 5.56 Å². The highest BCUT2D eigenvalue weighted by atomic mass is 32.2. The highest BCUT2D eigenvalue weighted by Crippen LogP contribution is 2.27. The van der Waals surface area contributed by atoms with Crippen molar-refractivity contribution in [3.63, 3.8) is 0 Å². The molecular weight excluding hydrogens is 447 g/mol. The molecule has 0 saturated carbocycles. The fourth-order valence-electron chi connectivity index (χ4n) is 2.90. The van der Waals surface area contributed by atoms with E-state index in [2.05, 4.69) is 22.1 Å². The summed E-state index contributed by atoms with van der Waals surface area (Å²) < 4.78 is 31.0. The molecule has 10 heteroatoms. The van der Waals surface area contributed by atoms with Gasteiger partial charge in [0, 0.05) is 13.1 Å². The summed E-state index contributed by atoms with van der Waals surface area (Å²) in [6, 6.07) is 11.2.